The van der Waals surface area contributed by atoms with Crippen molar-refractivity contribution in [2.24, 2.45) is 0 Å². The monoisotopic (exact) mass is 474 g/mol. The van der Waals surface area contributed by atoms with Crippen molar-refractivity contribution in [3.05, 3.63) is 40.1 Å². The Morgan fingerprint density at radius 1 is 1.23 bits per heavy atom. The fourth-order valence-electron chi connectivity index (χ4n) is 3.30. The number of piperidine rings is 1. The summed E-state index contributed by atoms with van der Waals surface area (Å²) in [5, 5.41) is 6.56. The molecule has 1 fully saturated rings. The summed E-state index contributed by atoms with van der Waals surface area (Å²) in [5.41, 5.74) is 0. The summed E-state index contributed by atoms with van der Waals surface area (Å²) in [4.78, 5) is 14.6. The summed E-state index contributed by atoms with van der Waals surface area (Å²) in [6, 6.07) is 5.79. The van der Waals surface area contributed by atoms with Gasteiger partial charge in [0.2, 0.25) is 15.9 Å². The van der Waals surface area contributed by atoms with E-state index in [1.54, 1.807) is 13.0 Å². The average Bonchev–Trinajstić information content (AvgIpc) is 3.12. The number of aryl methyl sites for hydroxylation is 1. The molecule has 0 atom stereocenters. The number of nitrogens with zero attached hydrogens (tertiary/aromatic N) is 3. The Balaban J connectivity index is 1.80. The van der Waals surface area contributed by atoms with Crippen molar-refractivity contribution in [2.45, 2.75) is 31.1 Å². The molecular weight excluding hydrogens is 451 g/mol. The highest BCUT2D eigenvalue weighted by molar-refractivity contribution is 7.89. The Morgan fingerprint density at radius 2 is 1.97 bits per heavy atom. The molecule has 0 unspecified atom stereocenters. The highest BCUT2D eigenvalue weighted by Crippen LogP contribution is 2.28. The van der Waals surface area contributed by atoms with E-state index in [4.69, 9.17) is 27.7 Å². The van der Waals surface area contributed by atoms with Crippen molar-refractivity contribution < 1.29 is 17.7 Å². The molecule has 0 bridgehead atoms. The number of hydrogen-bond acceptors (Lipinski definition) is 6. The van der Waals surface area contributed by atoms with Gasteiger partial charge in [-0.2, -0.15) is 4.31 Å². The summed E-state index contributed by atoms with van der Waals surface area (Å²) < 4.78 is 32.7. The highest BCUT2D eigenvalue weighted by Gasteiger charge is 2.29. The zero-order chi connectivity index (χ0) is 21.7. The van der Waals surface area contributed by atoms with E-state index in [0.717, 1.165) is 30.2 Å². The van der Waals surface area contributed by atoms with E-state index < -0.39 is 15.9 Å². The van der Waals surface area contributed by atoms with Gasteiger partial charge in [0.25, 0.3) is 0 Å². The van der Waals surface area contributed by atoms with E-state index in [2.05, 4.69) is 15.4 Å². The zero-order valence-corrected chi connectivity index (χ0v) is 18.9. The van der Waals surface area contributed by atoms with Gasteiger partial charge in [0.05, 0.1) is 11.6 Å². The van der Waals surface area contributed by atoms with Crippen LogP contribution in [-0.4, -0.2) is 61.4 Å². The van der Waals surface area contributed by atoms with E-state index in [9.17, 15) is 13.2 Å². The number of sulfonamides is 1. The van der Waals surface area contributed by atoms with Crippen molar-refractivity contribution in [3.63, 3.8) is 0 Å². The molecule has 1 N–H and O–H groups in total. The molecule has 0 saturated carbocycles. The van der Waals surface area contributed by atoms with Crippen LogP contribution in [0.3, 0.4) is 0 Å². The quantitative estimate of drug-likeness (QED) is 0.629. The first kappa shape index (κ1) is 23.0. The number of hydrogen-bond donors (Lipinski definition) is 1. The average molecular weight is 475 g/mol. The van der Waals surface area contributed by atoms with Crippen LogP contribution in [-0.2, 0) is 14.8 Å². The molecule has 30 heavy (non-hydrogen) atoms. The predicted octanol–water partition coefficient (Wildman–Crippen LogP) is 3.41. The largest absolute Gasteiger partial charge is 0.360 e. The van der Waals surface area contributed by atoms with E-state index in [1.165, 1.54) is 24.6 Å². The first-order valence-corrected chi connectivity index (χ1v) is 11.9. The van der Waals surface area contributed by atoms with Crippen molar-refractivity contribution in [1.29, 1.82) is 0 Å². The molecular formula is C19H24Cl2N4O4S. The second-order valence-corrected chi connectivity index (χ2v) is 9.94. The second kappa shape index (κ2) is 10.1. The first-order valence-electron chi connectivity index (χ1n) is 9.66. The van der Waals surface area contributed by atoms with Gasteiger partial charge in [-0.05, 0) is 51.1 Å². The maximum atomic E-state index is 13.3. The molecule has 1 aliphatic rings. The smallest absolute Gasteiger partial charge is 0.245 e. The van der Waals surface area contributed by atoms with Crippen LogP contribution >= 0.6 is 23.2 Å². The predicted molar refractivity (Wildman–Crippen MR) is 115 cm³/mol. The van der Waals surface area contributed by atoms with Gasteiger partial charge in [-0.15, -0.1) is 0 Å². The van der Waals surface area contributed by atoms with Gasteiger partial charge in [-0.1, -0.05) is 34.8 Å². The van der Waals surface area contributed by atoms with Gasteiger partial charge < -0.3 is 14.7 Å². The third-order valence-electron chi connectivity index (χ3n) is 4.84. The molecule has 0 spiro atoms. The Hall–Kier alpha value is -1.65. The summed E-state index contributed by atoms with van der Waals surface area (Å²) in [7, 11) is -4.05. The molecule has 1 saturated heterocycles. The molecule has 1 amide bonds. The number of rotatable bonds is 8. The van der Waals surface area contributed by atoms with Gasteiger partial charge in [0.15, 0.2) is 5.82 Å². The minimum absolute atomic E-state index is 0.0508. The van der Waals surface area contributed by atoms with Gasteiger partial charge in [0, 0.05) is 24.2 Å². The lowest BCUT2D eigenvalue weighted by Gasteiger charge is -2.29. The van der Waals surface area contributed by atoms with Crippen molar-refractivity contribution in [1.82, 2.24) is 14.4 Å². The van der Waals surface area contributed by atoms with E-state index in [0.29, 0.717) is 12.3 Å². The van der Waals surface area contributed by atoms with Crippen molar-refractivity contribution >= 4 is 45.0 Å². The number of benzene rings is 1. The fraction of sp³-hybridized carbons (Fsp3) is 0.474. The number of carbonyl (C=O) groups excluding carboxylic acids is 1. The highest BCUT2D eigenvalue weighted by atomic mass is 35.5. The number of nitrogens with one attached hydrogen (secondary N) is 1. The first-order chi connectivity index (χ1) is 14.3. The molecule has 3 rings (SSSR count). The lowest BCUT2D eigenvalue weighted by molar-refractivity contribution is -0.116. The van der Waals surface area contributed by atoms with Crippen LogP contribution in [0.15, 0.2) is 33.7 Å². The topological polar surface area (TPSA) is 95.8 Å². The van der Waals surface area contributed by atoms with Crippen LogP contribution in [0, 0.1) is 6.92 Å². The maximum absolute atomic E-state index is 13.3. The van der Waals surface area contributed by atoms with E-state index in [-0.39, 0.29) is 33.8 Å². The molecule has 1 aromatic carbocycles. The van der Waals surface area contributed by atoms with E-state index in [1.807, 2.05) is 0 Å². The van der Waals surface area contributed by atoms with Gasteiger partial charge in [0.1, 0.15) is 10.7 Å². The van der Waals surface area contributed by atoms with Crippen LogP contribution in [0.1, 0.15) is 25.0 Å². The minimum Gasteiger partial charge on any atom is -0.360 e. The summed E-state index contributed by atoms with van der Waals surface area (Å²) >= 11 is 12.1. The Bertz CT molecular complexity index is 990. The second-order valence-electron chi connectivity index (χ2n) is 7.19. The van der Waals surface area contributed by atoms with Gasteiger partial charge >= 0.3 is 0 Å². The third-order valence-corrected chi connectivity index (χ3v) is 7.40. The number of aromatic nitrogens is 1. The maximum Gasteiger partial charge on any atom is 0.245 e. The van der Waals surface area contributed by atoms with Crippen LogP contribution in [0.25, 0.3) is 0 Å². The van der Waals surface area contributed by atoms with Gasteiger partial charge in [-0.25, -0.2) is 8.42 Å². The lowest BCUT2D eigenvalue weighted by atomic mass is 10.1. The molecule has 164 valence electrons. The number of likely N-dealkylation sites (tertiary alicyclic amines) is 1. The summed E-state index contributed by atoms with van der Waals surface area (Å²) in [6.07, 6.45) is 3.34. The zero-order valence-electron chi connectivity index (χ0n) is 16.6. The normalized spacial score (nSPS) is 15.5. The number of halogens is 2. The Labute approximate surface area is 186 Å². The summed E-state index contributed by atoms with van der Waals surface area (Å²) in [6.45, 7) is 3.81. The van der Waals surface area contributed by atoms with Gasteiger partial charge in [-0.3, -0.25) is 4.79 Å². The number of carbonyl (C=O) groups is 1. The van der Waals surface area contributed by atoms with Crippen LogP contribution in [0.2, 0.25) is 10.0 Å². The molecule has 2 heterocycles. The SMILES string of the molecule is Cc1cc(NC(=O)CN(CCN2CCCCC2)S(=O)(=O)c2cc(Cl)ccc2Cl)no1. The molecule has 1 aliphatic heterocycles. The molecule has 8 nitrogen and oxygen atoms in total. The standard InChI is InChI=1S/C19H24Cl2N4O4S/c1-14-11-18(23-29-14)22-19(26)13-25(10-9-24-7-3-2-4-8-24)30(27,28)17-12-15(20)5-6-16(17)21/h5-6,11-12H,2-4,7-10,13H2,1H3,(H,22,23,26). The molecule has 0 aliphatic carbocycles. The van der Waals surface area contributed by atoms with Crippen LogP contribution in [0.4, 0.5) is 5.82 Å². The fourth-order valence-corrected chi connectivity index (χ4v) is 5.43. The number of anilines is 1. The molecule has 2 aromatic rings. The number of amides is 1. The van der Waals surface area contributed by atoms with Crippen LogP contribution in [0.5, 0.6) is 0 Å². The van der Waals surface area contributed by atoms with Crippen molar-refractivity contribution in [3.8, 4) is 0 Å². The summed E-state index contributed by atoms with van der Waals surface area (Å²) in [5.74, 6) is 0.237. The molecule has 11 heteroatoms. The Morgan fingerprint density at radius 3 is 2.63 bits per heavy atom. The van der Waals surface area contributed by atoms with E-state index >= 15 is 0 Å². The lowest BCUT2D eigenvalue weighted by Crippen LogP contribution is -2.43. The minimum atomic E-state index is -4.05. The Kier molecular flexibility index (Phi) is 7.75. The molecule has 0 radical (unpaired) electrons. The van der Waals surface area contributed by atoms with Crippen LogP contribution < -0.4 is 5.32 Å². The third kappa shape index (κ3) is 5.95. The van der Waals surface area contributed by atoms with Crippen molar-refractivity contribution in [2.75, 3.05) is 38.0 Å². The molecule has 1 aromatic heterocycles.